The number of aliphatic carboxylic acids is 1. The van der Waals surface area contributed by atoms with Crippen LogP contribution in [0.2, 0.25) is 0 Å². The normalized spacial score (nSPS) is 12.8. The van der Waals surface area contributed by atoms with E-state index in [9.17, 15) is 9.90 Å². The third-order valence-electron chi connectivity index (χ3n) is 2.92. The molecule has 2 rings (SSSR count). The minimum atomic E-state index is -0.811. The Labute approximate surface area is 106 Å². The Morgan fingerprint density at radius 1 is 1.39 bits per heavy atom. The van der Waals surface area contributed by atoms with Gasteiger partial charge >= 0.3 is 5.97 Å². The summed E-state index contributed by atoms with van der Waals surface area (Å²) in [6, 6.07) is 7.29. The van der Waals surface area contributed by atoms with Crippen LogP contribution in [0.3, 0.4) is 0 Å². The van der Waals surface area contributed by atoms with Crippen LogP contribution in [0.1, 0.15) is 20.3 Å². The molecule has 96 valence electrons. The highest BCUT2D eigenvalue weighted by molar-refractivity contribution is 5.93. The molecule has 4 nitrogen and oxygen atoms in total. The lowest BCUT2D eigenvalue weighted by atomic mass is 10.0. The van der Waals surface area contributed by atoms with Crippen molar-refractivity contribution in [2.24, 2.45) is 5.92 Å². The van der Waals surface area contributed by atoms with Gasteiger partial charge in [0, 0.05) is 17.1 Å². The van der Waals surface area contributed by atoms with Gasteiger partial charge in [-0.3, -0.25) is 0 Å². The molecule has 0 aliphatic rings. The molecule has 0 unspecified atom stereocenters. The molecule has 0 fully saturated rings. The number of hydrogen-bond acceptors (Lipinski definition) is 2. The molecule has 18 heavy (non-hydrogen) atoms. The Kier molecular flexibility index (Phi) is 3.55. The molecule has 1 heterocycles. The van der Waals surface area contributed by atoms with Crippen molar-refractivity contribution < 1.29 is 9.90 Å². The van der Waals surface area contributed by atoms with E-state index in [1.165, 1.54) is 0 Å². The summed E-state index contributed by atoms with van der Waals surface area (Å²) in [5.41, 5.74) is 1.85. The Bertz CT molecular complexity index is 545. The maximum atomic E-state index is 11.2. The molecule has 0 spiro atoms. The summed E-state index contributed by atoms with van der Waals surface area (Å²) in [6.07, 6.45) is 2.43. The molecule has 0 bridgehead atoms. The minimum absolute atomic E-state index is 0.337. The van der Waals surface area contributed by atoms with E-state index in [2.05, 4.69) is 10.3 Å². The second-order valence-electron chi connectivity index (χ2n) is 4.91. The van der Waals surface area contributed by atoms with E-state index in [0.29, 0.717) is 12.3 Å². The third kappa shape index (κ3) is 2.64. The Hall–Kier alpha value is -1.97. The van der Waals surface area contributed by atoms with E-state index in [-0.39, 0.29) is 0 Å². The quantitative estimate of drug-likeness (QED) is 0.759. The number of carbonyl (C=O) groups is 1. The zero-order valence-electron chi connectivity index (χ0n) is 10.6. The Morgan fingerprint density at radius 3 is 2.78 bits per heavy atom. The van der Waals surface area contributed by atoms with Gasteiger partial charge in [-0.05, 0) is 18.4 Å². The molecule has 1 atom stereocenters. The summed E-state index contributed by atoms with van der Waals surface area (Å²) in [4.78, 5) is 14.4. The van der Waals surface area contributed by atoms with E-state index in [1.807, 2.05) is 44.3 Å². The van der Waals surface area contributed by atoms with Crippen LogP contribution in [0.25, 0.3) is 10.9 Å². The fourth-order valence-electron chi connectivity index (χ4n) is 2.07. The number of rotatable bonds is 5. The number of carboxylic acid groups (broad SMARTS) is 1. The zero-order valence-corrected chi connectivity index (χ0v) is 10.6. The van der Waals surface area contributed by atoms with Crippen molar-refractivity contribution in [1.82, 2.24) is 4.98 Å². The van der Waals surface area contributed by atoms with E-state index < -0.39 is 12.0 Å². The molecule has 1 aromatic carbocycles. The van der Waals surface area contributed by atoms with Crippen LogP contribution in [0.5, 0.6) is 0 Å². The number of carboxylic acids is 1. The van der Waals surface area contributed by atoms with Crippen LogP contribution < -0.4 is 5.32 Å². The van der Waals surface area contributed by atoms with Gasteiger partial charge in [-0.15, -0.1) is 0 Å². The van der Waals surface area contributed by atoms with Crippen molar-refractivity contribution in [3.05, 3.63) is 30.5 Å². The van der Waals surface area contributed by atoms with Crippen molar-refractivity contribution in [3.8, 4) is 0 Å². The van der Waals surface area contributed by atoms with Gasteiger partial charge in [0.15, 0.2) is 0 Å². The molecular weight excluding hydrogens is 228 g/mol. The SMILES string of the molecule is CC(C)C[C@H](Nc1c[nH]c2ccccc12)C(=O)O. The predicted octanol–water partition coefficient (Wildman–Crippen LogP) is 3.08. The van der Waals surface area contributed by atoms with Gasteiger partial charge in [-0.1, -0.05) is 32.0 Å². The minimum Gasteiger partial charge on any atom is -0.480 e. The molecule has 0 saturated carbocycles. The Morgan fingerprint density at radius 2 is 2.11 bits per heavy atom. The fourth-order valence-corrected chi connectivity index (χ4v) is 2.07. The van der Waals surface area contributed by atoms with Gasteiger partial charge in [-0.2, -0.15) is 0 Å². The second-order valence-corrected chi connectivity index (χ2v) is 4.91. The van der Waals surface area contributed by atoms with E-state index in [4.69, 9.17) is 0 Å². The van der Waals surface area contributed by atoms with E-state index in [1.54, 1.807) is 0 Å². The van der Waals surface area contributed by atoms with Crippen LogP contribution >= 0.6 is 0 Å². The summed E-state index contributed by atoms with van der Waals surface area (Å²) >= 11 is 0. The highest BCUT2D eigenvalue weighted by Crippen LogP contribution is 2.24. The highest BCUT2D eigenvalue weighted by atomic mass is 16.4. The van der Waals surface area contributed by atoms with Gasteiger partial charge in [0.05, 0.1) is 5.69 Å². The first kappa shape index (κ1) is 12.5. The molecule has 0 aliphatic carbocycles. The smallest absolute Gasteiger partial charge is 0.326 e. The average molecular weight is 246 g/mol. The number of hydrogen-bond donors (Lipinski definition) is 3. The van der Waals surface area contributed by atoms with Crippen LogP contribution in [0.4, 0.5) is 5.69 Å². The van der Waals surface area contributed by atoms with Crippen LogP contribution in [-0.4, -0.2) is 22.1 Å². The first-order valence-corrected chi connectivity index (χ1v) is 6.13. The lowest BCUT2D eigenvalue weighted by Crippen LogP contribution is -2.30. The summed E-state index contributed by atoms with van der Waals surface area (Å²) in [5, 5.41) is 13.3. The fraction of sp³-hybridized carbons (Fsp3) is 0.357. The number of anilines is 1. The standard InChI is InChI=1S/C14H18N2O2/c1-9(2)7-12(14(17)18)16-13-8-15-11-6-4-3-5-10(11)13/h3-6,8-9,12,15-16H,7H2,1-2H3,(H,17,18)/t12-/m0/s1. The first-order valence-electron chi connectivity index (χ1n) is 6.13. The molecule has 0 saturated heterocycles. The number of nitrogens with one attached hydrogen (secondary N) is 2. The largest absolute Gasteiger partial charge is 0.480 e. The van der Waals surface area contributed by atoms with E-state index >= 15 is 0 Å². The number of aromatic nitrogens is 1. The van der Waals surface area contributed by atoms with Crippen LogP contribution in [0, 0.1) is 5.92 Å². The van der Waals surface area contributed by atoms with Gasteiger partial charge in [-0.25, -0.2) is 4.79 Å². The van der Waals surface area contributed by atoms with Gasteiger partial charge < -0.3 is 15.4 Å². The summed E-state index contributed by atoms with van der Waals surface area (Å²) in [7, 11) is 0. The summed E-state index contributed by atoms with van der Waals surface area (Å²) in [5.74, 6) is -0.474. The van der Waals surface area contributed by atoms with Crippen LogP contribution in [-0.2, 0) is 4.79 Å². The van der Waals surface area contributed by atoms with Gasteiger partial charge in [0.2, 0.25) is 0 Å². The van der Waals surface area contributed by atoms with E-state index in [0.717, 1.165) is 16.6 Å². The highest BCUT2D eigenvalue weighted by Gasteiger charge is 2.19. The van der Waals surface area contributed by atoms with Crippen molar-refractivity contribution in [2.45, 2.75) is 26.3 Å². The Balaban J connectivity index is 2.23. The van der Waals surface area contributed by atoms with Crippen molar-refractivity contribution in [2.75, 3.05) is 5.32 Å². The lowest BCUT2D eigenvalue weighted by molar-refractivity contribution is -0.138. The lowest BCUT2D eigenvalue weighted by Gasteiger charge is -2.17. The number of aromatic amines is 1. The molecular formula is C14H18N2O2. The van der Waals surface area contributed by atoms with Crippen molar-refractivity contribution in [3.63, 3.8) is 0 Å². The third-order valence-corrected chi connectivity index (χ3v) is 2.92. The van der Waals surface area contributed by atoms with Gasteiger partial charge in [0.1, 0.15) is 6.04 Å². The molecule has 3 N–H and O–H groups in total. The summed E-state index contributed by atoms with van der Waals surface area (Å²) < 4.78 is 0. The number of para-hydroxylation sites is 1. The molecule has 0 radical (unpaired) electrons. The monoisotopic (exact) mass is 246 g/mol. The summed E-state index contributed by atoms with van der Waals surface area (Å²) in [6.45, 7) is 4.04. The first-order chi connectivity index (χ1) is 8.58. The number of benzene rings is 1. The predicted molar refractivity (Wildman–Crippen MR) is 72.8 cm³/mol. The van der Waals surface area contributed by atoms with Crippen molar-refractivity contribution >= 4 is 22.6 Å². The second kappa shape index (κ2) is 5.12. The molecule has 2 aromatic rings. The molecule has 0 aliphatic heterocycles. The van der Waals surface area contributed by atoms with Crippen molar-refractivity contribution in [1.29, 1.82) is 0 Å². The number of H-pyrrole nitrogens is 1. The molecule has 0 amide bonds. The average Bonchev–Trinajstić information content (AvgIpc) is 2.71. The molecule has 4 heteroatoms. The topological polar surface area (TPSA) is 65.1 Å². The zero-order chi connectivity index (χ0) is 13.1. The van der Waals surface area contributed by atoms with Gasteiger partial charge in [0.25, 0.3) is 0 Å². The maximum Gasteiger partial charge on any atom is 0.326 e. The molecule has 1 aromatic heterocycles. The van der Waals surface area contributed by atoms with Crippen LogP contribution in [0.15, 0.2) is 30.5 Å². The maximum absolute atomic E-state index is 11.2. The number of fused-ring (bicyclic) bond motifs is 1.